The van der Waals surface area contributed by atoms with Crippen LogP contribution in [0, 0.1) is 13.8 Å². The van der Waals surface area contributed by atoms with E-state index in [1.54, 1.807) is 11.8 Å². The number of hydrogen-bond donors (Lipinski definition) is 2. The summed E-state index contributed by atoms with van der Waals surface area (Å²) in [5, 5.41) is 6.12. The zero-order valence-corrected chi connectivity index (χ0v) is 10.4. The van der Waals surface area contributed by atoms with Gasteiger partial charge >= 0.3 is 0 Å². The van der Waals surface area contributed by atoms with Gasteiger partial charge < -0.3 is 5.32 Å². The van der Waals surface area contributed by atoms with E-state index in [9.17, 15) is 4.79 Å². The Kier molecular flexibility index (Phi) is 3.51. The highest BCUT2D eigenvalue weighted by Gasteiger charge is 2.22. The Hall–Kier alpha value is -1.00. The predicted molar refractivity (Wildman–Crippen MR) is 68.8 cm³/mol. The molecular formula is C12H16N2OS. The van der Waals surface area contributed by atoms with E-state index in [4.69, 9.17) is 0 Å². The van der Waals surface area contributed by atoms with E-state index in [0.29, 0.717) is 0 Å². The van der Waals surface area contributed by atoms with E-state index in [0.717, 1.165) is 22.9 Å². The number of nitrogens with one attached hydrogen (secondary N) is 2. The number of carbonyl (C=O) groups excluding carboxylic acids is 1. The summed E-state index contributed by atoms with van der Waals surface area (Å²) >= 11 is 1.76. The van der Waals surface area contributed by atoms with E-state index in [1.165, 1.54) is 5.56 Å². The molecule has 4 heteroatoms. The molecule has 3 nitrogen and oxygen atoms in total. The van der Waals surface area contributed by atoms with Crippen molar-refractivity contribution < 1.29 is 4.79 Å². The van der Waals surface area contributed by atoms with Crippen molar-refractivity contribution in [3.05, 3.63) is 29.3 Å². The number of benzene rings is 1. The summed E-state index contributed by atoms with van der Waals surface area (Å²) in [5.41, 5.74) is 3.23. The summed E-state index contributed by atoms with van der Waals surface area (Å²) in [4.78, 5) is 11.9. The molecule has 0 aliphatic carbocycles. The maximum Gasteiger partial charge on any atom is 0.242 e. The fraction of sp³-hybridized carbons (Fsp3) is 0.417. The minimum Gasteiger partial charge on any atom is -0.324 e. The maximum atomic E-state index is 11.9. The molecule has 0 aromatic heterocycles. The Labute approximate surface area is 100.0 Å². The lowest BCUT2D eigenvalue weighted by Crippen LogP contribution is -2.37. The molecule has 16 heavy (non-hydrogen) atoms. The molecule has 0 bridgehead atoms. The SMILES string of the molecule is Cc1ccc(NC(=O)[C@@H]2CSCN2)c(C)c1. The molecule has 0 unspecified atom stereocenters. The lowest BCUT2D eigenvalue weighted by molar-refractivity contribution is -0.117. The molecule has 2 rings (SSSR count). The highest BCUT2D eigenvalue weighted by atomic mass is 32.2. The molecule has 1 fully saturated rings. The number of hydrogen-bond acceptors (Lipinski definition) is 3. The average Bonchev–Trinajstić information content (AvgIpc) is 2.75. The van der Waals surface area contributed by atoms with E-state index in [2.05, 4.69) is 16.7 Å². The van der Waals surface area contributed by atoms with Crippen molar-refractivity contribution in [1.82, 2.24) is 5.32 Å². The van der Waals surface area contributed by atoms with Gasteiger partial charge in [-0.3, -0.25) is 10.1 Å². The monoisotopic (exact) mass is 236 g/mol. The van der Waals surface area contributed by atoms with Gasteiger partial charge in [-0.05, 0) is 25.5 Å². The first-order valence-corrected chi connectivity index (χ1v) is 6.51. The zero-order valence-electron chi connectivity index (χ0n) is 9.54. The van der Waals surface area contributed by atoms with E-state index >= 15 is 0 Å². The second kappa shape index (κ2) is 4.89. The minimum atomic E-state index is -0.0503. The fourth-order valence-electron chi connectivity index (χ4n) is 1.74. The number of thioether (sulfide) groups is 1. The van der Waals surface area contributed by atoms with Gasteiger partial charge in [0, 0.05) is 17.3 Å². The van der Waals surface area contributed by atoms with Crippen molar-refractivity contribution in [2.75, 3.05) is 16.9 Å². The average molecular weight is 236 g/mol. The van der Waals surface area contributed by atoms with Crippen molar-refractivity contribution in [2.24, 2.45) is 0 Å². The molecule has 1 atom stereocenters. The van der Waals surface area contributed by atoms with Gasteiger partial charge in [0.05, 0.1) is 6.04 Å². The molecule has 1 amide bonds. The number of carbonyl (C=O) groups is 1. The van der Waals surface area contributed by atoms with Crippen LogP contribution in [0.4, 0.5) is 5.69 Å². The highest BCUT2D eigenvalue weighted by Crippen LogP contribution is 2.17. The second-order valence-corrected chi connectivity index (χ2v) is 5.11. The van der Waals surface area contributed by atoms with Crippen molar-refractivity contribution in [2.45, 2.75) is 19.9 Å². The molecule has 2 N–H and O–H groups in total. The molecule has 86 valence electrons. The van der Waals surface area contributed by atoms with Crippen LogP contribution in [0.25, 0.3) is 0 Å². The smallest absolute Gasteiger partial charge is 0.242 e. The molecule has 1 aromatic carbocycles. The van der Waals surface area contributed by atoms with Gasteiger partial charge in [-0.1, -0.05) is 17.7 Å². The van der Waals surface area contributed by atoms with Crippen LogP contribution in [0.3, 0.4) is 0 Å². The first-order chi connectivity index (χ1) is 7.66. The molecule has 0 spiro atoms. The molecule has 1 aliphatic heterocycles. The Morgan fingerprint density at radius 1 is 1.50 bits per heavy atom. The summed E-state index contributed by atoms with van der Waals surface area (Å²) in [6.07, 6.45) is 0. The van der Waals surface area contributed by atoms with Gasteiger partial charge in [-0.15, -0.1) is 11.8 Å². The second-order valence-electron chi connectivity index (χ2n) is 4.08. The first kappa shape index (κ1) is 11.5. The zero-order chi connectivity index (χ0) is 11.5. The standard InChI is InChI=1S/C12H16N2OS/c1-8-3-4-10(9(2)5-8)14-12(15)11-6-16-7-13-11/h3-5,11,13H,6-7H2,1-2H3,(H,14,15)/t11-/m0/s1. The Morgan fingerprint density at radius 2 is 2.31 bits per heavy atom. The first-order valence-electron chi connectivity index (χ1n) is 5.36. The molecule has 1 saturated heterocycles. The third-order valence-corrected chi connectivity index (χ3v) is 3.61. The molecule has 1 aliphatic rings. The topological polar surface area (TPSA) is 41.1 Å². The summed E-state index contributed by atoms with van der Waals surface area (Å²) in [6.45, 7) is 4.06. The van der Waals surface area contributed by atoms with Gasteiger partial charge in [-0.2, -0.15) is 0 Å². The quantitative estimate of drug-likeness (QED) is 0.824. The molecular weight excluding hydrogens is 220 g/mol. The lowest BCUT2D eigenvalue weighted by Gasteiger charge is -2.12. The van der Waals surface area contributed by atoms with Gasteiger partial charge in [0.2, 0.25) is 5.91 Å². The third kappa shape index (κ3) is 2.57. The van der Waals surface area contributed by atoms with Gasteiger partial charge in [0.15, 0.2) is 0 Å². The summed E-state index contributed by atoms with van der Waals surface area (Å²) in [5.74, 6) is 1.79. The van der Waals surface area contributed by atoms with Crippen molar-refractivity contribution in [3.8, 4) is 0 Å². The van der Waals surface area contributed by atoms with Gasteiger partial charge in [0.25, 0.3) is 0 Å². The Morgan fingerprint density at radius 3 is 2.94 bits per heavy atom. The van der Waals surface area contributed by atoms with Crippen molar-refractivity contribution in [1.29, 1.82) is 0 Å². The Balaban J connectivity index is 2.05. The number of aryl methyl sites for hydroxylation is 2. The van der Waals surface area contributed by atoms with Gasteiger partial charge in [-0.25, -0.2) is 0 Å². The van der Waals surface area contributed by atoms with Crippen LogP contribution in [0.1, 0.15) is 11.1 Å². The molecule has 0 saturated carbocycles. The van der Waals surface area contributed by atoms with Crippen LogP contribution in [-0.2, 0) is 4.79 Å². The molecule has 1 aromatic rings. The highest BCUT2D eigenvalue weighted by molar-refractivity contribution is 7.99. The van der Waals surface area contributed by atoms with Crippen molar-refractivity contribution in [3.63, 3.8) is 0 Å². The van der Waals surface area contributed by atoms with Crippen LogP contribution < -0.4 is 10.6 Å². The van der Waals surface area contributed by atoms with Gasteiger partial charge in [0.1, 0.15) is 0 Å². The normalized spacial score (nSPS) is 19.8. The van der Waals surface area contributed by atoms with E-state index in [-0.39, 0.29) is 11.9 Å². The van der Waals surface area contributed by atoms with Crippen LogP contribution in [0.5, 0.6) is 0 Å². The summed E-state index contributed by atoms with van der Waals surface area (Å²) in [6, 6.07) is 6.00. The largest absolute Gasteiger partial charge is 0.324 e. The number of rotatable bonds is 2. The minimum absolute atomic E-state index is 0.0503. The summed E-state index contributed by atoms with van der Waals surface area (Å²) < 4.78 is 0. The number of amides is 1. The maximum absolute atomic E-state index is 11.9. The Bertz CT molecular complexity index is 400. The fourth-order valence-corrected chi connectivity index (χ4v) is 2.68. The summed E-state index contributed by atoms with van der Waals surface area (Å²) in [7, 11) is 0. The van der Waals surface area contributed by atoms with Crippen LogP contribution in [0.15, 0.2) is 18.2 Å². The van der Waals surface area contributed by atoms with Crippen LogP contribution in [-0.4, -0.2) is 23.6 Å². The van der Waals surface area contributed by atoms with E-state index in [1.807, 2.05) is 26.0 Å². The number of anilines is 1. The van der Waals surface area contributed by atoms with E-state index < -0.39 is 0 Å². The lowest BCUT2D eigenvalue weighted by atomic mass is 10.1. The van der Waals surface area contributed by atoms with Crippen LogP contribution in [0.2, 0.25) is 0 Å². The van der Waals surface area contributed by atoms with Crippen LogP contribution >= 0.6 is 11.8 Å². The molecule has 0 radical (unpaired) electrons. The van der Waals surface area contributed by atoms with Crippen molar-refractivity contribution >= 4 is 23.4 Å². The third-order valence-electron chi connectivity index (χ3n) is 2.67. The predicted octanol–water partition coefficient (Wildman–Crippen LogP) is 1.90. The molecule has 1 heterocycles.